The van der Waals surface area contributed by atoms with E-state index in [9.17, 15) is 4.79 Å². The van der Waals surface area contributed by atoms with E-state index < -0.39 is 11.7 Å². The molecular formula is C12H18N2O4. The first-order chi connectivity index (χ1) is 8.63. The quantitative estimate of drug-likeness (QED) is 0.708. The van der Waals surface area contributed by atoms with Crippen LogP contribution in [0.15, 0.2) is 11.8 Å². The van der Waals surface area contributed by atoms with E-state index in [1.54, 1.807) is 6.20 Å². The number of carbonyl (C=O) groups is 1. The van der Waals surface area contributed by atoms with Crippen LogP contribution in [-0.2, 0) is 14.4 Å². The Morgan fingerprint density at radius 2 is 2.50 bits per heavy atom. The maximum Gasteiger partial charge on any atom is 0.335 e. The summed E-state index contributed by atoms with van der Waals surface area (Å²) < 4.78 is 5.97. The first-order valence-corrected chi connectivity index (χ1v) is 6.38. The first kappa shape index (κ1) is 12.0. The molecule has 1 saturated carbocycles. The number of carboxylic acids is 1. The molecule has 1 spiro atoms. The minimum Gasteiger partial charge on any atom is -0.478 e. The molecule has 3 rings (SSSR count). The van der Waals surface area contributed by atoms with Crippen molar-refractivity contribution in [1.29, 1.82) is 0 Å². The van der Waals surface area contributed by atoms with Crippen LogP contribution in [0.1, 0.15) is 26.2 Å². The third-order valence-electron chi connectivity index (χ3n) is 4.01. The van der Waals surface area contributed by atoms with Gasteiger partial charge in [-0.1, -0.05) is 0 Å². The lowest BCUT2D eigenvalue weighted by Gasteiger charge is -2.40. The molecule has 2 aliphatic heterocycles. The molecule has 2 heterocycles. The van der Waals surface area contributed by atoms with Gasteiger partial charge in [0.1, 0.15) is 6.61 Å². The van der Waals surface area contributed by atoms with Crippen molar-refractivity contribution >= 4 is 5.97 Å². The highest BCUT2D eigenvalue weighted by Crippen LogP contribution is 2.42. The van der Waals surface area contributed by atoms with E-state index >= 15 is 0 Å². The number of aliphatic carboxylic acids is 1. The average molecular weight is 254 g/mol. The highest BCUT2D eigenvalue weighted by atomic mass is 16.7. The monoisotopic (exact) mass is 254 g/mol. The molecule has 0 aromatic rings. The average Bonchev–Trinajstić information content (AvgIpc) is 2.83. The predicted octanol–water partition coefficient (Wildman–Crippen LogP) is 0.459. The molecule has 0 aromatic heterocycles. The molecule has 1 aliphatic carbocycles. The second-order valence-corrected chi connectivity index (χ2v) is 5.19. The molecule has 0 amide bonds. The zero-order valence-corrected chi connectivity index (χ0v) is 10.4. The van der Waals surface area contributed by atoms with E-state index in [4.69, 9.17) is 14.7 Å². The van der Waals surface area contributed by atoms with E-state index in [1.807, 2.05) is 12.0 Å². The molecule has 0 unspecified atom stereocenters. The standard InChI is InChI=1S/C12H18N2O4/c1-8-6-17-12-4-2-3-10(12)13-5-9(11(15)16)7-18-14(8)12/h5,8,10,13H,2-4,6-7H2,1H3,(H,15,16)/b9-5+/t8-,10+,12+/m1/s1. The number of ether oxygens (including phenoxy) is 1. The van der Waals surface area contributed by atoms with Crippen LogP contribution < -0.4 is 5.32 Å². The van der Waals surface area contributed by atoms with Crippen LogP contribution in [0, 0.1) is 0 Å². The number of rotatable bonds is 1. The molecule has 3 aliphatic rings. The molecular weight excluding hydrogens is 236 g/mol. The first-order valence-electron chi connectivity index (χ1n) is 6.38. The molecule has 18 heavy (non-hydrogen) atoms. The summed E-state index contributed by atoms with van der Waals surface area (Å²) in [7, 11) is 0. The van der Waals surface area contributed by atoms with Gasteiger partial charge in [-0.15, -0.1) is 0 Å². The van der Waals surface area contributed by atoms with Crippen molar-refractivity contribution in [1.82, 2.24) is 10.4 Å². The summed E-state index contributed by atoms with van der Waals surface area (Å²) in [5.41, 5.74) is -0.172. The van der Waals surface area contributed by atoms with Crippen molar-refractivity contribution in [3.05, 3.63) is 11.8 Å². The van der Waals surface area contributed by atoms with E-state index in [1.165, 1.54) is 0 Å². The Kier molecular flexibility index (Phi) is 2.80. The number of hydroxylamine groups is 2. The molecule has 2 N–H and O–H groups in total. The topological polar surface area (TPSA) is 71.0 Å². The third kappa shape index (κ3) is 1.64. The smallest absolute Gasteiger partial charge is 0.335 e. The van der Waals surface area contributed by atoms with E-state index in [0.717, 1.165) is 19.3 Å². The van der Waals surface area contributed by atoms with Gasteiger partial charge in [-0.25, -0.2) is 4.79 Å². The van der Waals surface area contributed by atoms with Gasteiger partial charge in [0.05, 0.1) is 24.3 Å². The van der Waals surface area contributed by atoms with Crippen molar-refractivity contribution in [3.63, 3.8) is 0 Å². The zero-order chi connectivity index (χ0) is 12.8. The Morgan fingerprint density at radius 1 is 1.67 bits per heavy atom. The van der Waals surface area contributed by atoms with Crippen molar-refractivity contribution in [2.45, 2.75) is 44.0 Å². The van der Waals surface area contributed by atoms with E-state index in [2.05, 4.69) is 5.32 Å². The van der Waals surface area contributed by atoms with Crippen LogP contribution in [0.25, 0.3) is 0 Å². The van der Waals surface area contributed by atoms with Crippen LogP contribution in [0.4, 0.5) is 0 Å². The van der Waals surface area contributed by atoms with Gasteiger partial charge in [0.2, 0.25) is 0 Å². The summed E-state index contributed by atoms with van der Waals surface area (Å²) in [5.74, 6) is -0.944. The van der Waals surface area contributed by atoms with Gasteiger partial charge >= 0.3 is 5.97 Å². The Balaban J connectivity index is 1.91. The van der Waals surface area contributed by atoms with Crippen LogP contribution in [0.2, 0.25) is 0 Å². The van der Waals surface area contributed by atoms with Crippen molar-refractivity contribution in [3.8, 4) is 0 Å². The summed E-state index contributed by atoms with van der Waals surface area (Å²) in [5, 5.41) is 14.1. The molecule has 0 aromatic carbocycles. The molecule has 6 heteroatoms. The fourth-order valence-electron chi connectivity index (χ4n) is 3.12. The highest BCUT2D eigenvalue weighted by Gasteiger charge is 2.55. The molecule has 0 radical (unpaired) electrons. The van der Waals surface area contributed by atoms with Gasteiger partial charge in [0.25, 0.3) is 0 Å². The highest BCUT2D eigenvalue weighted by molar-refractivity contribution is 5.86. The SMILES string of the molecule is C[C@@H]1CO[C@@]23CCC[C@@H]2N/C=C(/C(=O)O)CON13. The molecule has 6 nitrogen and oxygen atoms in total. The minimum absolute atomic E-state index is 0.0739. The number of carboxylic acid groups (broad SMARTS) is 1. The Bertz CT molecular complexity index is 398. The van der Waals surface area contributed by atoms with Crippen LogP contribution >= 0.6 is 0 Å². The Labute approximate surface area is 105 Å². The van der Waals surface area contributed by atoms with Crippen LogP contribution in [0.5, 0.6) is 0 Å². The summed E-state index contributed by atoms with van der Waals surface area (Å²) in [6, 6.07) is 0.248. The molecule has 1 saturated heterocycles. The number of hydrogen-bond donors (Lipinski definition) is 2. The van der Waals surface area contributed by atoms with Gasteiger partial charge in [-0.05, 0) is 26.2 Å². The van der Waals surface area contributed by atoms with Gasteiger partial charge < -0.3 is 15.2 Å². The lowest BCUT2D eigenvalue weighted by atomic mass is 10.1. The second kappa shape index (κ2) is 4.22. The fourth-order valence-corrected chi connectivity index (χ4v) is 3.12. The molecule has 0 bridgehead atoms. The maximum absolute atomic E-state index is 11.0. The van der Waals surface area contributed by atoms with E-state index in [-0.39, 0.29) is 24.3 Å². The second-order valence-electron chi connectivity index (χ2n) is 5.19. The molecule has 3 atom stereocenters. The van der Waals surface area contributed by atoms with Gasteiger partial charge in [0.15, 0.2) is 5.72 Å². The van der Waals surface area contributed by atoms with Crippen LogP contribution in [-0.4, -0.2) is 47.2 Å². The fraction of sp³-hybridized carbons (Fsp3) is 0.750. The maximum atomic E-state index is 11.0. The number of nitrogens with one attached hydrogen (secondary N) is 1. The van der Waals surface area contributed by atoms with Gasteiger partial charge in [-0.2, -0.15) is 5.06 Å². The van der Waals surface area contributed by atoms with Crippen molar-refractivity contribution in [2.75, 3.05) is 13.2 Å². The zero-order valence-electron chi connectivity index (χ0n) is 10.4. The largest absolute Gasteiger partial charge is 0.478 e. The Morgan fingerprint density at radius 3 is 3.28 bits per heavy atom. The summed E-state index contributed by atoms with van der Waals surface area (Å²) in [6.45, 7) is 2.74. The third-order valence-corrected chi connectivity index (χ3v) is 4.01. The molecule has 100 valence electrons. The predicted molar refractivity (Wildman–Crippen MR) is 62.4 cm³/mol. The van der Waals surface area contributed by atoms with Crippen LogP contribution in [0.3, 0.4) is 0 Å². The van der Waals surface area contributed by atoms with Gasteiger partial charge in [0, 0.05) is 6.20 Å². The molecule has 2 fully saturated rings. The lowest BCUT2D eigenvalue weighted by Crippen LogP contribution is -2.57. The lowest BCUT2D eigenvalue weighted by molar-refractivity contribution is -0.270. The summed E-state index contributed by atoms with van der Waals surface area (Å²) in [4.78, 5) is 16.8. The summed E-state index contributed by atoms with van der Waals surface area (Å²) >= 11 is 0. The van der Waals surface area contributed by atoms with Gasteiger partial charge in [-0.3, -0.25) is 4.84 Å². The minimum atomic E-state index is -0.944. The van der Waals surface area contributed by atoms with E-state index in [0.29, 0.717) is 6.61 Å². The van der Waals surface area contributed by atoms with Crippen molar-refractivity contribution < 1.29 is 19.5 Å². The number of hydrogen-bond acceptors (Lipinski definition) is 5. The normalized spacial score (nSPS) is 43.1. The van der Waals surface area contributed by atoms with Crippen molar-refractivity contribution in [2.24, 2.45) is 0 Å². The summed E-state index contributed by atoms with van der Waals surface area (Å²) in [6.07, 6.45) is 4.51. The Hall–Kier alpha value is -1.11. The number of nitrogens with zero attached hydrogens (tertiary/aromatic N) is 1.